The number of hydrogen-bond donors (Lipinski definition) is 2. The van der Waals surface area contributed by atoms with Gasteiger partial charge in [0.25, 0.3) is 0 Å². The van der Waals surface area contributed by atoms with Crippen LogP contribution in [0, 0.1) is 5.92 Å². The van der Waals surface area contributed by atoms with E-state index < -0.39 is 0 Å². The van der Waals surface area contributed by atoms with Crippen molar-refractivity contribution in [3.8, 4) is 11.5 Å². The second-order valence-corrected chi connectivity index (χ2v) is 6.49. The largest absolute Gasteiger partial charge is 0.486 e. The summed E-state index contributed by atoms with van der Waals surface area (Å²) < 4.78 is 11.0. The van der Waals surface area contributed by atoms with Crippen molar-refractivity contribution >= 4 is 23.2 Å². The number of nitrogens with one attached hydrogen (secondary N) is 2. The molecule has 2 N–H and O–H groups in total. The summed E-state index contributed by atoms with van der Waals surface area (Å²) in [6.45, 7) is 1.04. The molecule has 0 spiro atoms. The third-order valence-electron chi connectivity index (χ3n) is 4.66. The van der Waals surface area contributed by atoms with Crippen LogP contribution in [0.3, 0.4) is 0 Å². The van der Waals surface area contributed by atoms with Gasteiger partial charge in [-0.2, -0.15) is 0 Å². The fourth-order valence-electron chi connectivity index (χ4n) is 3.30. The van der Waals surface area contributed by atoms with E-state index in [0.29, 0.717) is 43.2 Å². The maximum absolute atomic E-state index is 12.3. The lowest BCUT2D eigenvalue weighted by Gasteiger charge is -2.24. The molecule has 134 valence electrons. The van der Waals surface area contributed by atoms with Crippen LogP contribution < -0.4 is 20.1 Å². The molecule has 1 atom stereocenters. The van der Waals surface area contributed by atoms with E-state index in [1.165, 1.54) is 0 Å². The van der Waals surface area contributed by atoms with E-state index in [0.717, 1.165) is 11.3 Å². The first-order valence-electron chi connectivity index (χ1n) is 8.77. The van der Waals surface area contributed by atoms with Crippen molar-refractivity contribution in [2.45, 2.75) is 19.3 Å². The number of para-hydroxylation sites is 1. The summed E-state index contributed by atoms with van der Waals surface area (Å²) in [5, 5.41) is 5.78. The summed E-state index contributed by atoms with van der Waals surface area (Å²) in [5.74, 6) is 1.00. The van der Waals surface area contributed by atoms with E-state index in [1.54, 1.807) is 18.2 Å². The monoisotopic (exact) mass is 352 g/mol. The lowest BCUT2D eigenvalue weighted by molar-refractivity contribution is -0.121. The highest BCUT2D eigenvalue weighted by molar-refractivity contribution is 5.96. The molecule has 0 bridgehead atoms. The van der Waals surface area contributed by atoms with Gasteiger partial charge < -0.3 is 20.1 Å². The molecule has 0 radical (unpaired) electrons. The van der Waals surface area contributed by atoms with Gasteiger partial charge in [-0.05, 0) is 36.6 Å². The van der Waals surface area contributed by atoms with Crippen LogP contribution in [0.4, 0.5) is 11.4 Å². The van der Waals surface area contributed by atoms with Gasteiger partial charge in [0, 0.05) is 29.8 Å². The quantitative estimate of drug-likeness (QED) is 0.887. The summed E-state index contributed by atoms with van der Waals surface area (Å²) >= 11 is 0. The van der Waals surface area contributed by atoms with Crippen LogP contribution in [-0.2, 0) is 16.0 Å². The van der Waals surface area contributed by atoms with Gasteiger partial charge in [-0.25, -0.2) is 0 Å². The molecule has 0 fully saturated rings. The van der Waals surface area contributed by atoms with Crippen molar-refractivity contribution in [3.05, 3.63) is 48.0 Å². The van der Waals surface area contributed by atoms with Crippen molar-refractivity contribution in [1.29, 1.82) is 0 Å². The number of carbonyl (C=O) groups excluding carboxylic acids is 2. The Labute approximate surface area is 151 Å². The average molecular weight is 352 g/mol. The van der Waals surface area contributed by atoms with E-state index in [1.807, 2.05) is 24.3 Å². The Morgan fingerprint density at radius 3 is 2.81 bits per heavy atom. The third kappa shape index (κ3) is 3.49. The fourth-order valence-corrected chi connectivity index (χ4v) is 3.30. The van der Waals surface area contributed by atoms with Crippen LogP contribution in [0.25, 0.3) is 0 Å². The number of hydrogen-bond acceptors (Lipinski definition) is 4. The zero-order valence-corrected chi connectivity index (χ0v) is 14.3. The number of benzene rings is 2. The smallest absolute Gasteiger partial charge is 0.227 e. The molecule has 26 heavy (non-hydrogen) atoms. The molecular formula is C20H20N2O4. The second-order valence-electron chi connectivity index (χ2n) is 6.49. The van der Waals surface area contributed by atoms with E-state index in [-0.39, 0.29) is 24.2 Å². The molecule has 2 heterocycles. The predicted molar refractivity (Wildman–Crippen MR) is 97.6 cm³/mol. The van der Waals surface area contributed by atoms with Gasteiger partial charge in [-0.3, -0.25) is 9.59 Å². The normalized spacial score (nSPS) is 17.8. The summed E-state index contributed by atoms with van der Waals surface area (Å²) in [7, 11) is 0. The van der Waals surface area contributed by atoms with E-state index in [9.17, 15) is 9.59 Å². The Morgan fingerprint density at radius 2 is 1.92 bits per heavy atom. The van der Waals surface area contributed by atoms with Gasteiger partial charge in [-0.15, -0.1) is 0 Å². The molecule has 6 heteroatoms. The number of rotatable bonds is 4. The summed E-state index contributed by atoms with van der Waals surface area (Å²) in [5.41, 5.74) is 2.65. The summed E-state index contributed by atoms with van der Waals surface area (Å²) in [6.07, 6.45) is 1.46. The zero-order valence-electron chi connectivity index (χ0n) is 14.3. The van der Waals surface area contributed by atoms with E-state index >= 15 is 0 Å². The summed E-state index contributed by atoms with van der Waals surface area (Å²) in [4.78, 5) is 24.5. The van der Waals surface area contributed by atoms with Crippen molar-refractivity contribution in [1.82, 2.24) is 0 Å². The molecule has 4 rings (SSSR count). The van der Waals surface area contributed by atoms with E-state index in [4.69, 9.17) is 9.47 Å². The molecule has 2 amide bonds. The van der Waals surface area contributed by atoms with Crippen LogP contribution in [0.1, 0.15) is 18.4 Å². The Kier molecular flexibility index (Phi) is 4.48. The number of carbonyl (C=O) groups is 2. The molecule has 6 nitrogen and oxygen atoms in total. The topological polar surface area (TPSA) is 76.7 Å². The van der Waals surface area contributed by atoms with Gasteiger partial charge in [-0.1, -0.05) is 18.2 Å². The molecule has 2 aromatic carbocycles. The minimum absolute atomic E-state index is 0.0178. The van der Waals surface area contributed by atoms with Crippen LogP contribution in [0.15, 0.2) is 42.5 Å². The highest BCUT2D eigenvalue weighted by Gasteiger charge is 2.26. The molecule has 2 aromatic rings. The second kappa shape index (κ2) is 7.07. The Morgan fingerprint density at radius 1 is 1.12 bits per heavy atom. The van der Waals surface area contributed by atoms with Crippen molar-refractivity contribution < 1.29 is 19.1 Å². The Hall–Kier alpha value is -3.02. The summed E-state index contributed by atoms with van der Waals surface area (Å²) in [6, 6.07) is 13.1. The first-order chi connectivity index (χ1) is 12.7. The van der Waals surface area contributed by atoms with Crippen molar-refractivity contribution in [3.63, 3.8) is 0 Å². The lowest BCUT2D eigenvalue weighted by Crippen LogP contribution is -2.30. The zero-order chi connectivity index (χ0) is 17.9. The number of anilines is 2. The number of amides is 2. The first kappa shape index (κ1) is 16.4. The number of fused-ring (bicyclic) bond motifs is 2. The molecule has 0 aromatic heterocycles. The van der Waals surface area contributed by atoms with Crippen LogP contribution in [-0.4, -0.2) is 25.0 Å². The highest BCUT2D eigenvalue weighted by atomic mass is 16.6. The molecule has 0 saturated carbocycles. The van der Waals surface area contributed by atoms with Gasteiger partial charge in [0.2, 0.25) is 11.8 Å². The molecule has 0 saturated heterocycles. The third-order valence-corrected chi connectivity index (χ3v) is 4.66. The standard InChI is InChI=1S/C20H20N2O4/c23-19(21-15-6-7-17-18(12-15)26-10-9-25-17)8-5-14-11-13-3-1-2-4-16(13)22-20(14)24/h1-4,6-7,12,14H,5,8-11H2,(H,21,23)(H,22,24)/t14-/m0/s1. The van der Waals surface area contributed by atoms with Crippen LogP contribution in [0.2, 0.25) is 0 Å². The van der Waals surface area contributed by atoms with Gasteiger partial charge >= 0.3 is 0 Å². The predicted octanol–water partition coefficient (Wildman–Crippen LogP) is 2.99. The van der Waals surface area contributed by atoms with Gasteiger partial charge in [0.05, 0.1) is 0 Å². The SMILES string of the molecule is O=C(CC[C@H]1Cc2ccccc2NC1=O)Nc1ccc2c(c1)OCCO2. The Balaban J connectivity index is 1.34. The van der Waals surface area contributed by atoms with E-state index in [2.05, 4.69) is 10.6 Å². The Bertz CT molecular complexity index is 849. The van der Waals surface area contributed by atoms with Crippen LogP contribution >= 0.6 is 0 Å². The molecule has 2 aliphatic rings. The van der Waals surface area contributed by atoms with Crippen LogP contribution in [0.5, 0.6) is 11.5 Å². The molecular weight excluding hydrogens is 332 g/mol. The maximum atomic E-state index is 12.3. The fraction of sp³-hybridized carbons (Fsp3) is 0.300. The van der Waals surface area contributed by atoms with Gasteiger partial charge in [0.15, 0.2) is 11.5 Å². The first-order valence-corrected chi connectivity index (χ1v) is 8.77. The lowest BCUT2D eigenvalue weighted by atomic mass is 9.89. The molecule has 0 unspecified atom stereocenters. The molecule has 0 aliphatic carbocycles. The molecule has 2 aliphatic heterocycles. The van der Waals surface area contributed by atoms with Gasteiger partial charge in [0.1, 0.15) is 13.2 Å². The average Bonchev–Trinajstić information content (AvgIpc) is 2.66. The minimum Gasteiger partial charge on any atom is -0.486 e. The minimum atomic E-state index is -0.184. The van der Waals surface area contributed by atoms with Crippen molar-refractivity contribution in [2.75, 3.05) is 23.8 Å². The maximum Gasteiger partial charge on any atom is 0.227 e. The van der Waals surface area contributed by atoms with Crippen molar-refractivity contribution in [2.24, 2.45) is 5.92 Å². The number of ether oxygens (including phenoxy) is 2. The highest BCUT2D eigenvalue weighted by Crippen LogP contribution is 2.33.